The minimum Gasteiger partial charge on any atom is -0.351 e. The van der Waals surface area contributed by atoms with Crippen LogP contribution in [0, 0.1) is 5.92 Å². The second-order valence-corrected chi connectivity index (χ2v) is 9.69. The number of nitrogens with one attached hydrogen (secondary N) is 1. The van der Waals surface area contributed by atoms with Crippen molar-refractivity contribution in [1.29, 1.82) is 0 Å². The van der Waals surface area contributed by atoms with Crippen LogP contribution in [0.15, 0.2) is 48.9 Å². The number of fused-ring (bicyclic) bond motifs is 1. The maximum Gasteiger partial charge on any atom is 0.274 e. The number of carbonyl (C=O) groups is 2. The van der Waals surface area contributed by atoms with Gasteiger partial charge in [-0.2, -0.15) is 5.10 Å². The van der Waals surface area contributed by atoms with Crippen molar-refractivity contribution in [1.82, 2.24) is 24.8 Å². The Morgan fingerprint density at radius 1 is 1.18 bits per heavy atom. The fourth-order valence-electron chi connectivity index (χ4n) is 5.41. The summed E-state index contributed by atoms with van der Waals surface area (Å²) >= 11 is 0. The zero-order chi connectivity index (χ0) is 22.8. The van der Waals surface area contributed by atoms with E-state index in [0.29, 0.717) is 29.2 Å². The van der Waals surface area contributed by atoms with Gasteiger partial charge >= 0.3 is 0 Å². The number of aromatic nitrogens is 3. The first-order valence-corrected chi connectivity index (χ1v) is 12.0. The van der Waals surface area contributed by atoms with Crippen LogP contribution in [-0.4, -0.2) is 50.9 Å². The van der Waals surface area contributed by atoms with Gasteiger partial charge < -0.3 is 10.2 Å². The Balaban J connectivity index is 1.37. The predicted octanol–water partition coefficient (Wildman–Crippen LogP) is 3.84. The fraction of sp³-hybridized carbons (Fsp3) is 0.462. The lowest BCUT2D eigenvalue weighted by atomic mass is 9.70. The topological polar surface area (TPSA) is 79.6 Å². The molecule has 0 unspecified atom stereocenters. The summed E-state index contributed by atoms with van der Waals surface area (Å²) in [6.45, 7) is 4.25. The Bertz CT molecular complexity index is 1150. The molecule has 0 radical (unpaired) electrons. The molecule has 33 heavy (non-hydrogen) atoms. The summed E-state index contributed by atoms with van der Waals surface area (Å²) < 4.78 is 1.64. The van der Waals surface area contributed by atoms with Crippen LogP contribution in [0.25, 0.3) is 5.52 Å². The number of hydrogen-bond donors (Lipinski definition) is 1. The molecule has 2 aliphatic rings. The highest BCUT2D eigenvalue weighted by Crippen LogP contribution is 2.38. The van der Waals surface area contributed by atoms with Gasteiger partial charge in [0.1, 0.15) is 0 Å². The summed E-state index contributed by atoms with van der Waals surface area (Å²) in [4.78, 5) is 32.4. The Kier molecular flexibility index (Phi) is 5.87. The summed E-state index contributed by atoms with van der Waals surface area (Å²) in [7, 11) is 0. The molecule has 1 aliphatic carbocycles. The Labute approximate surface area is 194 Å². The zero-order valence-corrected chi connectivity index (χ0v) is 19.2. The highest BCUT2D eigenvalue weighted by Gasteiger charge is 2.35. The van der Waals surface area contributed by atoms with Crippen molar-refractivity contribution in [3.05, 3.63) is 65.7 Å². The molecule has 1 N–H and O–H groups in total. The average molecular weight is 446 g/mol. The van der Waals surface area contributed by atoms with Crippen molar-refractivity contribution < 1.29 is 9.59 Å². The largest absolute Gasteiger partial charge is 0.351 e. The van der Waals surface area contributed by atoms with Gasteiger partial charge in [0, 0.05) is 43.6 Å². The molecule has 2 fully saturated rings. The molecular formula is C26H31N5O2. The van der Waals surface area contributed by atoms with Gasteiger partial charge in [-0.3, -0.25) is 14.6 Å². The third-order valence-corrected chi connectivity index (χ3v) is 7.35. The van der Waals surface area contributed by atoms with Crippen molar-refractivity contribution in [3.8, 4) is 0 Å². The lowest BCUT2D eigenvalue weighted by molar-refractivity contribution is 0.0781. The van der Waals surface area contributed by atoms with Gasteiger partial charge in [0.05, 0.1) is 11.1 Å². The average Bonchev–Trinajstić information content (AvgIpc) is 3.49. The maximum absolute atomic E-state index is 13.3. The van der Waals surface area contributed by atoms with Gasteiger partial charge in [-0.25, -0.2) is 4.52 Å². The van der Waals surface area contributed by atoms with Gasteiger partial charge in [-0.15, -0.1) is 0 Å². The number of hydrogen-bond acceptors (Lipinski definition) is 4. The molecule has 172 valence electrons. The molecule has 1 atom stereocenters. The van der Waals surface area contributed by atoms with Gasteiger partial charge in [-0.05, 0) is 55.0 Å². The van der Waals surface area contributed by atoms with Crippen molar-refractivity contribution in [3.63, 3.8) is 0 Å². The Hall–Kier alpha value is -3.22. The first-order chi connectivity index (χ1) is 16.1. The molecular weight excluding hydrogens is 414 g/mol. The zero-order valence-electron chi connectivity index (χ0n) is 19.2. The number of amides is 2. The normalized spacial score (nSPS) is 20.2. The molecule has 7 nitrogen and oxygen atoms in total. The van der Waals surface area contributed by atoms with E-state index in [2.05, 4.69) is 28.4 Å². The van der Waals surface area contributed by atoms with Crippen molar-refractivity contribution in [2.45, 2.75) is 50.9 Å². The monoisotopic (exact) mass is 445 g/mol. The highest BCUT2D eigenvalue weighted by atomic mass is 16.2. The fourth-order valence-corrected chi connectivity index (χ4v) is 5.41. The molecule has 1 aliphatic heterocycles. The van der Waals surface area contributed by atoms with E-state index in [1.165, 1.54) is 12.0 Å². The molecule has 3 aromatic heterocycles. The molecule has 1 saturated heterocycles. The first kappa shape index (κ1) is 21.6. The number of pyridine rings is 2. The molecule has 0 aromatic carbocycles. The predicted molar refractivity (Wildman–Crippen MR) is 126 cm³/mol. The van der Waals surface area contributed by atoms with Gasteiger partial charge in [-0.1, -0.05) is 32.3 Å². The molecule has 0 spiro atoms. The van der Waals surface area contributed by atoms with Crippen LogP contribution in [0.5, 0.6) is 0 Å². The van der Waals surface area contributed by atoms with Crippen LogP contribution >= 0.6 is 0 Å². The van der Waals surface area contributed by atoms with Crippen molar-refractivity contribution in [2.24, 2.45) is 5.92 Å². The third-order valence-electron chi connectivity index (χ3n) is 7.35. The van der Waals surface area contributed by atoms with Crippen molar-refractivity contribution >= 4 is 17.3 Å². The van der Waals surface area contributed by atoms with Crippen LogP contribution in [-0.2, 0) is 5.41 Å². The van der Waals surface area contributed by atoms with Crippen LogP contribution in [0.3, 0.4) is 0 Å². The first-order valence-electron chi connectivity index (χ1n) is 12.0. The summed E-state index contributed by atoms with van der Waals surface area (Å²) in [5, 5.41) is 7.67. The number of nitrogens with zero attached hydrogens (tertiary/aromatic N) is 4. The van der Waals surface area contributed by atoms with E-state index < -0.39 is 0 Å². The highest BCUT2D eigenvalue weighted by molar-refractivity contribution is 6.02. The quantitative estimate of drug-likeness (QED) is 0.647. The van der Waals surface area contributed by atoms with Gasteiger partial charge in [0.15, 0.2) is 5.69 Å². The molecule has 4 heterocycles. The summed E-state index contributed by atoms with van der Waals surface area (Å²) in [5.74, 6) is 0.314. The van der Waals surface area contributed by atoms with E-state index in [1.54, 1.807) is 35.1 Å². The van der Waals surface area contributed by atoms with E-state index >= 15 is 0 Å². The molecule has 3 aromatic rings. The van der Waals surface area contributed by atoms with E-state index in [4.69, 9.17) is 0 Å². The SMILES string of the molecule is C[C@@H]1CCN(C(=O)c2cc3c(C(=O)NCC4(c5cccnc5)CCCCC4)cccn3n2)C1. The summed E-state index contributed by atoms with van der Waals surface area (Å²) in [6, 6.07) is 9.45. The smallest absolute Gasteiger partial charge is 0.274 e. The molecule has 5 rings (SSSR count). The second-order valence-electron chi connectivity index (χ2n) is 9.69. The van der Waals surface area contributed by atoms with Crippen molar-refractivity contribution in [2.75, 3.05) is 19.6 Å². The summed E-state index contributed by atoms with van der Waals surface area (Å²) in [5.41, 5.74) is 2.70. The molecule has 7 heteroatoms. The minimum absolute atomic E-state index is 0.0628. The van der Waals surface area contributed by atoms with Crippen LogP contribution in [0.4, 0.5) is 0 Å². The Morgan fingerprint density at radius 2 is 2.03 bits per heavy atom. The molecule has 0 bridgehead atoms. The standard InChI is InChI=1S/C26H31N5O2/c1-19-9-14-30(17-19)25(33)22-15-23-21(8-6-13-31(23)29-22)24(32)28-18-26(10-3-2-4-11-26)20-7-5-12-27-16-20/h5-8,12-13,15-16,19H,2-4,9-11,14,17-18H2,1H3,(H,28,32)/t19-/m1/s1. The lowest BCUT2D eigenvalue weighted by Crippen LogP contribution is -2.42. The van der Waals surface area contributed by atoms with Gasteiger partial charge in [0.25, 0.3) is 11.8 Å². The third kappa shape index (κ3) is 4.24. The molecule has 2 amide bonds. The van der Waals surface area contributed by atoms with E-state index in [-0.39, 0.29) is 17.2 Å². The number of likely N-dealkylation sites (tertiary alicyclic amines) is 1. The maximum atomic E-state index is 13.3. The van der Waals surface area contributed by atoms with Crippen LogP contribution in [0.1, 0.15) is 71.9 Å². The van der Waals surface area contributed by atoms with E-state index in [0.717, 1.165) is 45.2 Å². The number of rotatable bonds is 5. The minimum atomic E-state index is -0.136. The lowest BCUT2D eigenvalue weighted by Gasteiger charge is -2.37. The molecule has 1 saturated carbocycles. The Morgan fingerprint density at radius 3 is 2.76 bits per heavy atom. The van der Waals surface area contributed by atoms with Gasteiger partial charge in [0.2, 0.25) is 0 Å². The van der Waals surface area contributed by atoms with E-state index in [1.807, 2.05) is 17.2 Å². The van der Waals surface area contributed by atoms with E-state index in [9.17, 15) is 9.59 Å². The second kappa shape index (κ2) is 8.96. The van der Waals surface area contributed by atoms with Crippen LogP contribution < -0.4 is 5.32 Å². The van der Waals surface area contributed by atoms with Crippen LogP contribution in [0.2, 0.25) is 0 Å². The summed E-state index contributed by atoms with van der Waals surface area (Å²) in [6.07, 6.45) is 12.2. The number of carbonyl (C=O) groups excluding carboxylic acids is 2.